The molecular weight excluding hydrogens is 284 g/mol. The van der Waals surface area contributed by atoms with Gasteiger partial charge in [0.05, 0.1) is 17.8 Å². The summed E-state index contributed by atoms with van der Waals surface area (Å²) in [6.45, 7) is 1.97. The lowest BCUT2D eigenvalue weighted by atomic mass is 10.0. The van der Waals surface area contributed by atoms with E-state index in [0.717, 1.165) is 5.33 Å². The van der Waals surface area contributed by atoms with Gasteiger partial charge in [-0.25, -0.2) is 4.79 Å². The van der Waals surface area contributed by atoms with Gasteiger partial charge in [-0.1, -0.05) is 34.1 Å². The molecule has 1 aromatic rings. The predicted molar refractivity (Wildman–Crippen MR) is 70.4 cm³/mol. The van der Waals surface area contributed by atoms with Crippen LogP contribution >= 0.6 is 15.9 Å². The lowest BCUT2D eigenvalue weighted by Gasteiger charge is -2.21. The van der Waals surface area contributed by atoms with Gasteiger partial charge in [-0.05, 0) is 25.5 Å². The number of esters is 1. The Balaban J connectivity index is 2.35. The number of carbonyl (C=O) groups excluding carboxylic acids is 1. The molecule has 0 saturated carbocycles. The van der Waals surface area contributed by atoms with Crippen molar-refractivity contribution in [1.29, 1.82) is 0 Å². The quantitative estimate of drug-likeness (QED) is 0.649. The molecular formula is C13H17BrO3. The number of hydrogen-bond donors (Lipinski definition) is 1. The molecule has 0 unspecified atom stereocenters. The highest BCUT2D eigenvalue weighted by molar-refractivity contribution is 9.09. The van der Waals surface area contributed by atoms with Crippen molar-refractivity contribution in [3.8, 4) is 0 Å². The lowest BCUT2D eigenvalue weighted by molar-refractivity contribution is 0.0137. The summed E-state index contributed by atoms with van der Waals surface area (Å²) in [5.74, 6) is -0.347. The fraction of sp³-hybridized carbons (Fsp3) is 0.462. The molecule has 0 bridgehead atoms. The zero-order chi connectivity index (χ0) is 12.7. The number of benzene rings is 1. The number of ether oxygens (including phenoxy) is 1. The molecule has 1 atom stereocenters. The summed E-state index contributed by atoms with van der Waals surface area (Å²) >= 11 is 3.27. The van der Waals surface area contributed by atoms with Crippen LogP contribution in [0.1, 0.15) is 30.1 Å². The highest BCUT2D eigenvalue weighted by Crippen LogP contribution is 2.16. The Hall–Kier alpha value is -0.870. The van der Waals surface area contributed by atoms with Crippen LogP contribution in [-0.4, -0.2) is 28.6 Å². The van der Waals surface area contributed by atoms with E-state index in [1.807, 2.05) is 6.07 Å². The van der Waals surface area contributed by atoms with E-state index in [0.29, 0.717) is 18.4 Å². The van der Waals surface area contributed by atoms with Gasteiger partial charge in [0.25, 0.3) is 0 Å². The zero-order valence-electron chi connectivity index (χ0n) is 9.86. The van der Waals surface area contributed by atoms with Crippen molar-refractivity contribution in [3.05, 3.63) is 35.9 Å². The van der Waals surface area contributed by atoms with Crippen LogP contribution in [0, 0.1) is 0 Å². The summed E-state index contributed by atoms with van der Waals surface area (Å²) < 4.78 is 5.10. The molecule has 94 valence electrons. The number of hydrogen-bond acceptors (Lipinski definition) is 3. The maximum absolute atomic E-state index is 11.6. The summed E-state index contributed by atoms with van der Waals surface area (Å²) in [5, 5.41) is 10.6. The number of rotatable bonds is 6. The van der Waals surface area contributed by atoms with Crippen LogP contribution in [0.4, 0.5) is 0 Å². The summed E-state index contributed by atoms with van der Waals surface area (Å²) in [5.41, 5.74) is -0.256. The van der Waals surface area contributed by atoms with Crippen molar-refractivity contribution in [2.24, 2.45) is 0 Å². The third-order valence-corrected chi connectivity index (χ3v) is 2.91. The van der Waals surface area contributed by atoms with Crippen LogP contribution in [0.3, 0.4) is 0 Å². The van der Waals surface area contributed by atoms with Crippen molar-refractivity contribution in [1.82, 2.24) is 0 Å². The summed E-state index contributed by atoms with van der Waals surface area (Å²) in [6.07, 6.45) is 1.08. The molecule has 0 aliphatic rings. The van der Waals surface area contributed by atoms with Crippen LogP contribution in [0.25, 0.3) is 0 Å². The minimum absolute atomic E-state index is 0.230. The van der Waals surface area contributed by atoms with Gasteiger partial charge < -0.3 is 9.84 Å². The molecule has 1 aromatic carbocycles. The summed E-state index contributed by atoms with van der Waals surface area (Å²) in [7, 11) is 0. The Kier molecular flexibility index (Phi) is 5.65. The van der Waals surface area contributed by atoms with Gasteiger partial charge in [-0.15, -0.1) is 0 Å². The molecule has 1 rings (SSSR count). The zero-order valence-corrected chi connectivity index (χ0v) is 11.4. The Bertz CT molecular complexity index is 349. The normalized spacial score (nSPS) is 14.1. The molecule has 0 aliphatic carbocycles. The monoisotopic (exact) mass is 300 g/mol. The van der Waals surface area contributed by atoms with Gasteiger partial charge in [0, 0.05) is 11.8 Å². The Morgan fingerprint density at radius 1 is 1.35 bits per heavy atom. The Morgan fingerprint density at radius 2 is 2.00 bits per heavy atom. The first-order chi connectivity index (χ1) is 8.05. The van der Waals surface area contributed by atoms with E-state index < -0.39 is 5.60 Å². The average Bonchev–Trinajstić information content (AvgIpc) is 2.29. The second kappa shape index (κ2) is 6.77. The number of alkyl halides is 1. The Morgan fingerprint density at radius 3 is 2.59 bits per heavy atom. The second-order valence-corrected chi connectivity index (χ2v) is 4.98. The topological polar surface area (TPSA) is 46.5 Å². The largest absolute Gasteiger partial charge is 0.462 e. The minimum atomic E-state index is -0.791. The predicted octanol–water partition coefficient (Wildman–Crippen LogP) is 2.77. The molecule has 0 spiro atoms. The number of halogens is 1. The molecule has 1 N–H and O–H groups in total. The van der Waals surface area contributed by atoms with Gasteiger partial charge >= 0.3 is 5.97 Å². The van der Waals surface area contributed by atoms with Crippen molar-refractivity contribution < 1.29 is 14.6 Å². The van der Waals surface area contributed by atoms with Crippen LogP contribution < -0.4 is 0 Å². The molecule has 4 heteroatoms. The van der Waals surface area contributed by atoms with Crippen molar-refractivity contribution in [2.45, 2.75) is 25.4 Å². The van der Waals surface area contributed by atoms with Crippen molar-refractivity contribution in [2.75, 3.05) is 11.9 Å². The average molecular weight is 301 g/mol. The first-order valence-electron chi connectivity index (χ1n) is 5.56. The first kappa shape index (κ1) is 14.2. The molecule has 0 radical (unpaired) electrons. The smallest absolute Gasteiger partial charge is 0.338 e. The van der Waals surface area contributed by atoms with E-state index in [1.165, 1.54) is 0 Å². The van der Waals surface area contributed by atoms with Crippen LogP contribution in [0.5, 0.6) is 0 Å². The van der Waals surface area contributed by atoms with E-state index in [4.69, 9.17) is 4.74 Å². The number of carbonyl (C=O) groups is 1. The highest BCUT2D eigenvalue weighted by atomic mass is 79.9. The summed E-state index contributed by atoms with van der Waals surface area (Å²) in [6, 6.07) is 8.84. The molecule has 0 aromatic heterocycles. The van der Waals surface area contributed by atoms with E-state index in [9.17, 15) is 9.90 Å². The molecule has 3 nitrogen and oxygen atoms in total. The molecule has 0 fully saturated rings. The fourth-order valence-electron chi connectivity index (χ4n) is 1.35. The van der Waals surface area contributed by atoms with E-state index in [2.05, 4.69) is 15.9 Å². The first-order valence-corrected chi connectivity index (χ1v) is 6.68. The second-order valence-electron chi connectivity index (χ2n) is 4.19. The third kappa shape index (κ3) is 5.33. The standard InChI is InChI=1S/C13H17BrO3/c1-13(16,7-9-14)8-10-17-12(15)11-5-3-2-4-6-11/h2-6,16H,7-10H2,1H3/t13-/m0/s1. The van der Waals surface area contributed by atoms with E-state index in [-0.39, 0.29) is 12.6 Å². The highest BCUT2D eigenvalue weighted by Gasteiger charge is 2.19. The van der Waals surface area contributed by atoms with Crippen molar-refractivity contribution in [3.63, 3.8) is 0 Å². The van der Waals surface area contributed by atoms with Gasteiger partial charge in [0.2, 0.25) is 0 Å². The molecule has 0 aliphatic heterocycles. The van der Waals surface area contributed by atoms with E-state index in [1.54, 1.807) is 31.2 Å². The van der Waals surface area contributed by atoms with Crippen LogP contribution in [-0.2, 0) is 4.74 Å². The lowest BCUT2D eigenvalue weighted by Crippen LogP contribution is -2.27. The SMILES string of the molecule is C[C@](O)(CCBr)CCOC(=O)c1ccccc1. The van der Waals surface area contributed by atoms with Gasteiger partial charge in [0.15, 0.2) is 0 Å². The van der Waals surface area contributed by atoms with Crippen molar-refractivity contribution >= 4 is 21.9 Å². The maximum Gasteiger partial charge on any atom is 0.338 e. The van der Waals surface area contributed by atoms with Crippen LogP contribution in [0.2, 0.25) is 0 Å². The summed E-state index contributed by atoms with van der Waals surface area (Å²) in [4.78, 5) is 11.6. The van der Waals surface area contributed by atoms with Crippen LogP contribution in [0.15, 0.2) is 30.3 Å². The number of aliphatic hydroxyl groups is 1. The molecule has 0 saturated heterocycles. The fourth-order valence-corrected chi connectivity index (χ4v) is 2.20. The van der Waals surface area contributed by atoms with E-state index >= 15 is 0 Å². The molecule has 0 heterocycles. The third-order valence-electron chi connectivity index (χ3n) is 2.52. The Labute approximate surface area is 110 Å². The van der Waals surface area contributed by atoms with Gasteiger partial charge in [-0.2, -0.15) is 0 Å². The molecule has 17 heavy (non-hydrogen) atoms. The maximum atomic E-state index is 11.6. The minimum Gasteiger partial charge on any atom is -0.462 e. The molecule has 0 amide bonds. The van der Waals surface area contributed by atoms with Gasteiger partial charge in [-0.3, -0.25) is 0 Å². The van der Waals surface area contributed by atoms with Gasteiger partial charge in [0.1, 0.15) is 0 Å².